The lowest BCUT2D eigenvalue weighted by atomic mass is 10.1. The van der Waals surface area contributed by atoms with Gasteiger partial charge in [-0.3, -0.25) is 4.79 Å². The number of nitrogens with zero attached hydrogens (tertiary/aromatic N) is 1. The third-order valence-corrected chi connectivity index (χ3v) is 2.94. The number of aryl methyl sites for hydroxylation is 1. The molecular weight excluding hydrogens is 226 g/mol. The van der Waals surface area contributed by atoms with Crippen molar-refractivity contribution in [2.75, 3.05) is 6.54 Å². The number of imidazole rings is 1. The van der Waals surface area contributed by atoms with E-state index >= 15 is 0 Å². The van der Waals surface area contributed by atoms with Gasteiger partial charge in [0, 0.05) is 31.8 Å². The molecule has 1 heterocycles. The average molecular weight is 251 g/mol. The maximum Gasteiger partial charge on any atom is 0.219 e. The number of hydrogen-bond donors (Lipinski definition) is 2. The summed E-state index contributed by atoms with van der Waals surface area (Å²) in [7, 11) is 0. The molecule has 0 aliphatic heterocycles. The second kappa shape index (κ2) is 9.68. The summed E-state index contributed by atoms with van der Waals surface area (Å²) in [5.74, 6) is 1.28. The molecule has 1 amide bonds. The van der Waals surface area contributed by atoms with Crippen LogP contribution >= 0.6 is 0 Å². The number of aromatic nitrogens is 2. The number of amides is 1. The number of hydrogen-bond acceptors (Lipinski definition) is 2. The van der Waals surface area contributed by atoms with Crippen molar-refractivity contribution in [2.45, 2.75) is 58.3 Å². The molecule has 0 aliphatic rings. The van der Waals surface area contributed by atoms with E-state index in [1.165, 1.54) is 19.3 Å². The second-order valence-corrected chi connectivity index (χ2v) is 4.65. The van der Waals surface area contributed by atoms with E-state index in [4.69, 9.17) is 0 Å². The van der Waals surface area contributed by atoms with Gasteiger partial charge in [-0.2, -0.15) is 0 Å². The summed E-state index contributed by atoms with van der Waals surface area (Å²) in [6, 6.07) is 0. The first kappa shape index (κ1) is 14.7. The van der Waals surface area contributed by atoms with Gasteiger partial charge in [0.25, 0.3) is 0 Å². The van der Waals surface area contributed by atoms with Crippen LogP contribution in [0.4, 0.5) is 0 Å². The lowest BCUT2D eigenvalue weighted by Crippen LogP contribution is -2.23. The summed E-state index contributed by atoms with van der Waals surface area (Å²) in [5, 5.41) is 2.90. The van der Waals surface area contributed by atoms with Gasteiger partial charge >= 0.3 is 0 Å². The molecular formula is C14H25N3O. The Bertz CT molecular complexity index is 309. The van der Waals surface area contributed by atoms with E-state index in [1.54, 1.807) is 6.20 Å². The van der Waals surface area contributed by atoms with Gasteiger partial charge in [-0.1, -0.05) is 26.2 Å². The van der Waals surface area contributed by atoms with Crippen LogP contribution in [0.3, 0.4) is 0 Å². The smallest absolute Gasteiger partial charge is 0.219 e. The molecule has 0 saturated heterocycles. The van der Waals surface area contributed by atoms with Gasteiger partial charge in [0.1, 0.15) is 5.82 Å². The quantitative estimate of drug-likeness (QED) is 0.628. The molecule has 2 N–H and O–H groups in total. The topological polar surface area (TPSA) is 57.8 Å². The zero-order chi connectivity index (χ0) is 13.1. The molecule has 0 radical (unpaired) electrons. The first-order valence-electron chi connectivity index (χ1n) is 7.08. The number of carbonyl (C=O) groups excluding carboxylic acids is 1. The Hall–Kier alpha value is -1.32. The van der Waals surface area contributed by atoms with Gasteiger partial charge in [0.2, 0.25) is 5.91 Å². The Morgan fingerprint density at radius 1 is 1.28 bits per heavy atom. The number of nitrogens with one attached hydrogen (secondary N) is 2. The molecule has 0 bridgehead atoms. The Balaban J connectivity index is 1.85. The van der Waals surface area contributed by atoms with Crippen molar-refractivity contribution in [2.24, 2.45) is 0 Å². The standard InChI is InChI=1S/C14H25N3O/c1-2-10-17-14(18)9-7-5-3-4-6-8-13-15-11-12-16-13/h11-12H,2-10H2,1H3,(H,15,16)(H,17,18). The maximum atomic E-state index is 11.3. The Morgan fingerprint density at radius 3 is 2.78 bits per heavy atom. The molecule has 1 aromatic heterocycles. The van der Waals surface area contributed by atoms with Gasteiger partial charge in [-0.05, 0) is 19.3 Å². The minimum absolute atomic E-state index is 0.201. The fraction of sp³-hybridized carbons (Fsp3) is 0.714. The molecule has 0 aliphatic carbocycles. The van der Waals surface area contributed by atoms with E-state index in [2.05, 4.69) is 22.2 Å². The zero-order valence-corrected chi connectivity index (χ0v) is 11.4. The Kier molecular flexibility index (Phi) is 7.93. The molecule has 0 fully saturated rings. The fourth-order valence-corrected chi connectivity index (χ4v) is 1.90. The molecule has 4 heteroatoms. The Labute approximate surface area is 110 Å². The predicted molar refractivity (Wildman–Crippen MR) is 73.3 cm³/mol. The molecule has 102 valence electrons. The number of carbonyl (C=O) groups is 1. The molecule has 0 spiro atoms. The minimum Gasteiger partial charge on any atom is -0.356 e. The van der Waals surface area contributed by atoms with Crippen molar-refractivity contribution < 1.29 is 4.79 Å². The highest BCUT2D eigenvalue weighted by atomic mass is 16.1. The summed E-state index contributed by atoms with van der Waals surface area (Å²) in [5.41, 5.74) is 0. The van der Waals surface area contributed by atoms with Crippen LogP contribution in [0.1, 0.15) is 57.7 Å². The van der Waals surface area contributed by atoms with Crippen LogP contribution in [0.25, 0.3) is 0 Å². The van der Waals surface area contributed by atoms with Crippen LogP contribution < -0.4 is 5.32 Å². The van der Waals surface area contributed by atoms with Gasteiger partial charge in [0.05, 0.1) is 0 Å². The molecule has 1 rings (SSSR count). The van der Waals surface area contributed by atoms with Gasteiger partial charge in [0.15, 0.2) is 0 Å². The first-order valence-corrected chi connectivity index (χ1v) is 7.08. The van der Waals surface area contributed by atoms with Crippen molar-refractivity contribution >= 4 is 5.91 Å². The number of aromatic amines is 1. The summed E-state index contributed by atoms with van der Waals surface area (Å²) in [6.45, 7) is 2.88. The number of unbranched alkanes of at least 4 members (excludes halogenated alkanes) is 4. The number of rotatable bonds is 10. The molecule has 0 aromatic carbocycles. The lowest BCUT2D eigenvalue weighted by Gasteiger charge is -2.03. The van der Waals surface area contributed by atoms with Crippen molar-refractivity contribution in [3.05, 3.63) is 18.2 Å². The molecule has 18 heavy (non-hydrogen) atoms. The van der Waals surface area contributed by atoms with E-state index in [0.717, 1.165) is 38.1 Å². The van der Waals surface area contributed by atoms with Crippen LogP contribution in [0.5, 0.6) is 0 Å². The molecule has 0 atom stereocenters. The highest BCUT2D eigenvalue weighted by Crippen LogP contribution is 2.07. The van der Waals surface area contributed by atoms with E-state index in [-0.39, 0.29) is 5.91 Å². The maximum absolute atomic E-state index is 11.3. The summed E-state index contributed by atoms with van der Waals surface area (Å²) >= 11 is 0. The summed E-state index contributed by atoms with van der Waals surface area (Å²) < 4.78 is 0. The average Bonchev–Trinajstić information content (AvgIpc) is 2.88. The van der Waals surface area contributed by atoms with Crippen LogP contribution in [-0.4, -0.2) is 22.4 Å². The predicted octanol–water partition coefficient (Wildman–Crippen LogP) is 2.82. The third kappa shape index (κ3) is 7.09. The molecule has 0 unspecified atom stereocenters. The highest BCUT2D eigenvalue weighted by Gasteiger charge is 1.99. The normalized spacial score (nSPS) is 10.5. The van der Waals surface area contributed by atoms with Crippen LogP contribution in [0.15, 0.2) is 12.4 Å². The van der Waals surface area contributed by atoms with Crippen LogP contribution in [0.2, 0.25) is 0 Å². The minimum atomic E-state index is 0.201. The Morgan fingerprint density at radius 2 is 2.06 bits per heavy atom. The largest absolute Gasteiger partial charge is 0.356 e. The monoisotopic (exact) mass is 251 g/mol. The molecule has 0 saturated carbocycles. The first-order chi connectivity index (χ1) is 8.83. The van der Waals surface area contributed by atoms with Crippen molar-refractivity contribution in [3.8, 4) is 0 Å². The molecule has 1 aromatic rings. The van der Waals surface area contributed by atoms with Crippen molar-refractivity contribution in [3.63, 3.8) is 0 Å². The van der Waals surface area contributed by atoms with E-state index in [1.807, 2.05) is 6.20 Å². The summed E-state index contributed by atoms with van der Waals surface area (Å²) in [6.07, 6.45) is 12.2. The number of H-pyrrole nitrogens is 1. The van der Waals surface area contributed by atoms with Gasteiger partial charge in [-0.15, -0.1) is 0 Å². The SMILES string of the molecule is CCCNC(=O)CCCCCCCc1ncc[nH]1. The van der Waals surface area contributed by atoms with E-state index < -0.39 is 0 Å². The summed E-state index contributed by atoms with van der Waals surface area (Å²) in [4.78, 5) is 18.6. The van der Waals surface area contributed by atoms with E-state index in [0.29, 0.717) is 6.42 Å². The zero-order valence-electron chi connectivity index (χ0n) is 11.4. The van der Waals surface area contributed by atoms with Crippen molar-refractivity contribution in [1.82, 2.24) is 15.3 Å². The van der Waals surface area contributed by atoms with E-state index in [9.17, 15) is 4.79 Å². The fourth-order valence-electron chi connectivity index (χ4n) is 1.90. The van der Waals surface area contributed by atoms with Crippen molar-refractivity contribution in [1.29, 1.82) is 0 Å². The van der Waals surface area contributed by atoms with Crippen LogP contribution in [-0.2, 0) is 11.2 Å². The lowest BCUT2D eigenvalue weighted by molar-refractivity contribution is -0.121. The molecule has 4 nitrogen and oxygen atoms in total. The highest BCUT2D eigenvalue weighted by molar-refractivity contribution is 5.75. The van der Waals surface area contributed by atoms with Crippen LogP contribution in [0, 0.1) is 0 Å². The third-order valence-electron chi connectivity index (χ3n) is 2.94. The van der Waals surface area contributed by atoms with Gasteiger partial charge in [-0.25, -0.2) is 4.98 Å². The van der Waals surface area contributed by atoms with Gasteiger partial charge < -0.3 is 10.3 Å². The second-order valence-electron chi connectivity index (χ2n) is 4.65.